The first-order chi connectivity index (χ1) is 3.41. The van der Waals surface area contributed by atoms with Crippen LogP contribution in [0.3, 0.4) is 0 Å². The normalized spacial score (nSPS) is 7.00. The molecule has 1 nitrogen and oxygen atoms in total. The SMILES string of the molecule is C=CCNCC=C.Cl. The minimum Gasteiger partial charge on any atom is -0.310 e. The van der Waals surface area contributed by atoms with Crippen LogP contribution in [0.2, 0.25) is 0 Å². The molecule has 0 aliphatic carbocycles. The summed E-state index contributed by atoms with van der Waals surface area (Å²) in [5.74, 6) is 0. The molecule has 0 aliphatic heterocycles. The first-order valence-corrected chi connectivity index (χ1v) is 2.34. The second-order valence-electron chi connectivity index (χ2n) is 1.24. The smallest absolute Gasteiger partial charge is 0.0135 e. The zero-order chi connectivity index (χ0) is 5.54. The summed E-state index contributed by atoms with van der Waals surface area (Å²) in [4.78, 5) is 0. The zero-order valence-corrected chi connectivity index (χ0v) is 5.71. The van der Waals surface area contributed by atoms with Gasteiger partial charge in [-0.25, -0.2) is 0 Å². The van der Waals surface area contributed by atoms with Crippen LogP contribution in [0.25, 0.3) is 0 Å². The van der Waals surface area contributed by atoms with E-state index in [1.165, 1.54) is 0 Å². The third kappa shape index (κ3) is 9.21. The zero-order valence-electron chi connectivity index (χ0n) is 4.89. The van der Waals surface area contributed by atoms with Crippen LogP contribution in [0.1, 0.15) is 0 Å². The van der Waals surface area contributed by atoms with Gasteiger partial charge in [0.1, 0.15) is 0 Å². The average molecular weight is 134 g/mol. The average Bonchev–Trinajstić information content (AvgIpc) is 1.69. The van der Waals surface area contributed by atoms with Crippen LogP contribution in [0, 0.1) is 0 Å². The van der Waals surface area contributed by atoms with Gasteiger partial charge in [-0.3, -0.25) is 0 Å². The molecule has 2 heteroatoms. The molecule has 0 spiro atoms. The van der Waals surface area contributed by atoms with E-state index in [0.29, 0.717) is 0 Å². The van der Waals surface area contributed by atoms with Gasteiger partial charge < -0.3 is 5.32 Å². The van der Waals surface area contributed by atoms with Crippen molar-refractivity contribution in [1.82, 2.24) is 5.32 Å². The lowest BCUT2D eigenvalue weighted by molar-refractivity contribution is 0.845. The Balaban J connectivity index is 0. The number of rotatable bonds is 4. The lowest BCUT2D eigenvalue weighted by Crippen LogP contribution is -2.11. The van der Waals surface area contributed by atoms with Gasteiger partial charge in [0.15, 0.2) is 0 Å². The molecule has 0 aromatic rings. The Hall–Kier alpha value is -0.270. The van der Waals surface area contributed by atoms with Crippen molar-refractivity contribution in [3.8, 4) is 0 Å². The summed E-state index contributed by atoms with van der Waals surface area (Å²) < 4.78 is 0. The molecule has 0 saturated carbocycles. The van der Waals surface area contributed by atoms with Crippen molar-refractivity contribution in [2.24, 2.45) is 0 Å². The molecule has 8 heavy (non-hydrogen) atoms. The predicted molar refractivity (Wildman–Crippen MR) is 40.5 cm³/mol. The molecule has 0 bridgehead atoms. The van der Waals surface area contributed by atoms with Crippen molar-refractivity contribution < 1.29 is 0 Å². The molecule has 0 heterocycles. The first kappa shape index (κ1) is 10.7. The molecular weight excluding hydrogens is 122 g/mol. The van der Waals surface area contributed by atoms with Gasteiger partial charge >= 0.3 is 0 Å². The van der Waals surface area contributed by atoms with Crippen molar-refractivity contribution in [2.75, 3.05) is 13.1 Å². The summed E-state index contributed by atoms with van der Waals surface area (Å²) in [5.41, 5.74) is 0. The van der Waals surface area contributed by atoms with Crippen LogP contribution in [-0.4, -0.2) is 13.1 Å². The third-order valence-corrected chi connectivity index (χ3v) is 0.577. The number of hydrogen-bond donors (Lipinski definition) is 1. The third-order valence-electron chi connectivity index (χ3n) is 0.577. The van der Waals surface area contributed by atoms with E-state index in [2.05, 4.69) is 18.5 Å². The molecule has 0 radical (unpaired) electrons. The summed E-state index contributed by atoms with van der Waals surface area (Å²) in [7, 11) is 0. The molecule has 0 fully saturated rings. The maximum absolute atomic E-state index is 3.54. The van der Waals surface area contributed by atoms with E-state index in [9.17, 15) is 0 Å². The fraction of sp³-hybridized carbons (Fsp3) is 0.333. The molecule has 0 aromatic heterocycles. The van der Waals surface area contributed by atoms with E-state index in [0.717, 1.165) is 13.1 Å². The molecule has 0 amide bonds. The summed E-state index contributed by atoms with van der Waals surface area (Å²) in [6.07, 6.45) is 3.65. The number of halogens is 1. The molecular formula is C6H12ClN. The van der Waals surface area contributed by atoms with Gasteiger partial charge in [0, 0.05) is 13.1 Å². The van der Waals surface area contributed by atoms with Crippen LogP contribution in [0.4, 0.5) is 0 Å². The second-order valence-corrected chi connectivity index (χ2v) is 1.24. The monoisotopic (exact) mass is 133 g/mol. The molecule has 0 aromatic carbocycles. The Morgan fingerprint density at radius 1 is 1.12 bits per heavy atom. The minimum absolute atomic E-state index is 0. The number of hydrogen-bond acceptors (Lipinski definition) is 1. The van der Waals surface area contributed by atoms with Gasteiger partial charge in [-0.2, -0.15) is 0 Å². The Kier molecular flexibility index (Phi) is 13.2. The standard InChI is InChI=1S/C6H11N.ClH/c1-3-5-7-6-4-2;/h3-4,7H,1-2,5-6H2;1H. The van der Waals surface area contributed by atoms with Gasteiger partial charge in [0.05, 0.1) is 0 Å². The van der Waals surface area contributed by atoms with E-state index in [1.807, 2.05) is 12.2 Å². The van der Waals surface area contributed by atoms with Crippen molar-refractivity contribution in [1.29, 1.82) is 0 Å². The lowest BCUT2D eigenvalue weighted by Gasteiger charge is -1.90. The second kappa shape index (κ2) is 9.88. The van der Waals surface area contributed by atoms with Gasteiger partial charge in [-0.15, -0.1) is 25.6 Å². The molecule has 0 atom stereocenters. The summed E-state index contributed by atoms with van der Waals surface area (Å²) >= 11 is 0. The largest absolute Gasteiger partial charge is 0.310 e. The van der Waals surface area contributed by atoms with Crippen molar-refractivity contribution >= 4 is 12.4 Å². The highest BCUT2D eigenvalue weighted by Crippen LogP contribution is 1.59. The highest BCUT2D eigenvalue weighted by atomic mass is 35.5. The maximum atomic E-state index is 3.54. The summed E-state index contributed by atoms with van der Waals surface area (Å²) in [6, 6.07) is 0. The van der Waals surface area contributed by atoms with Gasteiger partial charge in [0.2, 0.25) is 0 Å². The Morgan fingerprint density at radius 3 is 1.75 bits per heavy atom. The van der Waals surface area contributed by atoms with Crippen LogP contribution in [0.5, 0.6) is 0 Å². The fourth-order valence-corrected chi connectivity index (χ4v) is 0.287. The predicted octanol–water partition coefficient (Wildman–Crippen LogP) is 1.37. The highest BCUT2D eigenvalue weighted by Gasteiger charge is 1.69. The van der Waals surface area contributed by atoms with Crippen molar-refractivity contribution in [2.45, 2.75) is 0 Å². The fourth-order valence-electron chi connectivity index (χ4n) is 0.287. The van der Waals surface area contributed by atoms with Gasteiger partial charge in [0.25, 0.3) is 0 Å². The summed E-state index contributed by atoms with van der Waals surface area (Å²) in [5, 5.41) is 3.05. The van der Waals surface area contributed by atoms with E-state index in [-0.39, 0.29) is 12.4 Å². The molecule has 1 N–H and O–H groups in total. The molecule has 0 unspecified atom stereocenters. The maximum Gasteiger partial charge on any atom is 0.0135 e. The Labute approximate surface area is 56.9 Å². The van der Waals surface area contributed by atoms with Gasteiger partial charge in [-0.05, 0) is 0 Å². The topological polar surface area (TPSA) is 12.0 Å². The molecule has 0 rings (SSSR count). The van der Waals surface area contributed by atoms with E-state index >= 15 is 0 Å². The van der Waals surface area contributed by atoms with Crippen molar-refractivity contribution in [3.63, 3.8) is 0 Å². The number of nitrogens with one attached hydrogen (secondary N) is 1. The van der Waals surface area contributed by atoms with Crippen LogP contribution >= 0.6 is 12.4 Å². The highest BCUT2D eigenvalue weighted by molar-refractivity contribution is 5.85. The van der Waals surface area contributed by atoms with Crippen LogP contribution in [-0.2, 0) is 0 Å². The quantitative estimate of drug-likeness (QED) is 0.451. The minimum atomic E-state index is 0. The molecule has 48 valence electrons. The van der Waals surface area contributed by atoms with Gasteiger partial charge in [-0.1, -0.05) is 12.2 Å². The van der Waals surface area contributed by atoms with Crippen LogP contribution in [0.15, 0.2) is 25.3 Å². The Morgan fingerprint density at radius 2 is 1.50 bits per heavy atom. The van der Waals surface area contributed by atoms with Crippen LogP contribution < -0.4 is 5.32 Å². The Bertz CT molecular complexity index is 53.5. The molecule has 0 aliphatic rings. The van der Waals surface area contributed by atoms with Crippen molar-refractivity contribution in [3.05, 3.63) is 25.3 Å². The van der Waals surface area contributed by atoms with E-state index < -0.39 is 0 Å². The van der Waals surface area contributed by atoms with E-state index in [4.69, 9.17) is 0 Å². The molecule has 0 saturated heterocycles. The van der Waals surface area contributed by atoms with E-state index in [1.54, 1.807) is 0 Å². The lowest BCUT2D eigenvalue weighted by atomic mass is 10.5. The summed E-state index contributed by atoms with van der Waals surface area (Å²) in [6.45, 7) is 8.81. The first-order valence-electron chi connectivity index (χ1n) is 2.34.